The number of guanidine groups is 1. The van der Waals surface area contributed by atoms with Crippen molar-refractivity contribution in [1.29, 1.82) is 0 Å². The van der Waals surface area contributed by atoms with Crippen LogP contribution in [0.1, 0.15) is 10.4 Å². The molecule has 0 radical (unpaired) electrons. The van der Waals surface area contributed by atoms with Gasteiger partial charge in [0.15, 0.2) is 5.96 Å². The molecular weight excluding hydrogens is 250 g/mol. The summed E-state index contributed by atoms with van der Waals surface area (Å²) in [6.07, 6.45) is 0.833. The molecule has 3 rings (SSSR count). The summed E-state index contributed by atoms with van der Waals surface area (Å²) in [5.41, 5.74) is 1.80. The lowest BCUT2D eigenvalue weighted by atomic mass is 10.2. The Hall–Kier alpha value is -2.62. The van der Waals surface area contributed by atoms with Crippen LogP contribution in [0.4, 0.5) is 5.69 Å². The number of aliphatic imine (C=N–C) groups is 1. The molecule has 0 spiro atoms. The zero-order valence-corrected chi connectivity index (χ0v) is 11.1. The minimum absolute atomic E-state index is 0.729. The molecule has 1 heterocycles. The highest BCUT2D eigenvalue weighted by atomic mass is 16.1. The van der Waals surface area contributed by atoms with E-state index >= 15 is 0 Å². The van der Waals surface area contributed by atoms with Gasteiger partial charge in [-0.05, 0) is 12.1 Å². The number of aldehydes is 1. The lowest BCUT2D eigenvalue weighted by Crippen LogP contribution is -2.26. The van der Waals surface area contributed by atoms with Gasteiger partial charge in [0.2, 0.25) is 0 Å². The normalized spacial score (nSPS) is 12.5. The molecule has 2 aromatic rings. The lowest BCUT2D eigenvalue weighted by Gasteiger charge is -2.04. The van der Waals surface area contributed by atoms with Gasteiger partial charge in [0.05, 0.1) is 6.54 Å². The summed E-state index contributed by atoms with van der Waals surface area (Å²) in [6.45, 7) is 1.81. The van der Waals surface area contributed by atoms with E-state index in [1.807, 2.05) is 48.5 Å². The molecule has 1 aliphatic rings. The number of carbonyl (C=O) groups is 1. The molecule has 1 aliphatic heterocycles. The first-order valence-electron chi connectivity index (χ1n) is 6.49. The SMILES string of the molecule is O=Cc1ccccc1.c1ccc(NC2=NCCN2)cc1. The summed E-state index contributed by atoms with van der Waals surface area (Å²) < 4.78 is 0. The summed E-state index contributed by atoms with van der Waals surface area (Å²) in [7, 11) is 0. The van der Waals surface area contributed by atoms with Crippen LogP contribution in [0.25, 0.3) is 0 Å². The van der Waals surface area contributed by atoms with Crippen molar-refractivity contribution in [2.45, 2.75) is 0 Å². The average Bonchev–Trinajstić information content (AvgIpc) is 3.03. The van der Waals surface area contributed by atoms with Crippen LogP contribution in [-0.4, -0.2) is 25.3 Å². The van der Waals surface area contributed by atoms with Crippen LogP contribution in [0.15, 0.2) is 65.7 Å². The van der Waals surface area contributed by atoms with Gasteiger partial charge in [0.25, 0.3) is 0 Å². The van der Waals surface area contributed by atoms with Gasteiger partial charge in [0, 0.05) is 17.8 Å². The Morgan fingerprint density at radius 3 is 2.15 bits per heavy atom. The Balaban J connectivity index is 0.000000160. The van der Waals surface area contributed by atoms with Crippen molar-refractivity contribution in [1.82, 2.24) is 5.32 Å². The maximum atomic E-state index is 10.0. The van der Waals surface area contributed by atoms with Crippen LogP contribution in [-0.2, 0) is 0 Å². The van der Waals surface area contributed by atoms with Crippen LogP contribution in [0.3, 0.4) is 0 Å². The fourth-order valence-electron chi connectivity index (χ4n) is 1.67. The highest BCUT2D eigenvalue weighted by Crippen LogP contribution is 2.04. The summed E-state index contributed by atoms with van der Waals surface area (Å²) in [4.78, 5) is 14.2. The van der Waals surface area contributed by atoms with Crippen LogP contribution < -0.4 is 10.6 Å². The Labute approximate surface area is 118 Å². The molecule has 102 valence electrons. The van der Waals surface area contributed by atoms with Crippen LogP contribution in [0.5, 0.6) is 0 Å². The van der Waals surface area contributed by atoms with Crippen LogP contribution in [0, 0.1) is 0 Å². The van der Waals surface area contributed by atoms with Crippen molar-refractivity contribution >= 4 is 17.9 Å². The molecule has 0 saturated carbocycles. The van der Waals surface area contributed by atoms with E-state index in [0.29, 0.717) is 0 Å². The third kappa shape index (κ3) is 4.57. The molecule has 20 heavy (non-hydrogen) atoms. The Bertz CT molecular complexity index is 552. The van der Waals surface area contributed by atoms with Crippen molar-refractivity contribution in [3.63, 3.8) is 0 Å². The first-order chi connectivity index (χ1) is 9.88. The number of nitrogens with one attached hydrogen (secondary N) is 2. The molecule has 2 aromatic carbocycles. The van der Waals surface area contributed by atoms with E-state index in [0.717, 1.165) is 36.6 Å². The van der Waals surface area contributed by atoms with E-state index < -0.39 is 0 Å². The van der Waals surface area contributed by atoms with Gasteiger partial charge in [-0.1, -0.05) is 48.5 Å². The number of anilines is 1. The minimum atomic E-state index is 0.729. The third-order valence-corrected chi connectivity index (χ3v) is 2.65. The van der Waals surface area contributed by atoms with E-state index in [1.54, 1.807) is 12.1 Å². The molecule has 0 atom stereocenters. The fourth-order valence-corrected chi connectivity index (χ4v) is 1.67. The van der Waals surface area contributed by atoms with E-state index in [9.17, 15) is 4.79 Å². The minimum Gasteiger partial charge on any atom is -0.354 e. The van der Waals surface area contributed by atoms with Crippen molar-refractivity contribution in [2.75, 3.05) is 18.4 Å². The zero-order valence-electron chi connectivity index (χ0n) is 11.1. The number of hydrogen-bond donors (Lipinski definition) is 2. The molecule has 0 amide bonds. The Kier molecular flexibility index (Phi) is 5.34. The topological polar surface area (TPSA) is 53.5 Å². The molecule has 0 fully saturated rings. The number of para-hydroxylation sites is 1. The predicted octanol–water partition coefficient (Wildman–Crippen LogP) is 2.56. The maximum absolute atomic E-state index is 10.0. The van der Waals surface area contributed by atoms with E-state index in [2.05, 4.69) is 15.6 Å². The monoisotopic (exact) mass is 267 g/mol. The number of hydrogen-bond acceptors (Lipinski definition) is 4. The van der Waals surface area contributed by atoms with Gasteiger partial charge in [-0.15, -0.1) is 0 Å². The molecule has 0 saturated heterocycles. The van der Waals surface area contributed by atoms with Crippen molar-refractivity contribution in [3.05, 3.63) is 66.2 Å². The van der Waals surface area contributed by atoms with Gasteiger partial charge >= 0.3 is 0 Å². The average molecular weight is 267 g/mol. The Morgan fingerprint density at radius 1 is 1.00 bits per heavy atom. The number of carbonyl (C=O) groups excluding carboxylic acids is 1. The van der Waals surface area contributed by atoms with Crippen LogP contribution in [0.2, 0.25) is 0 Å². The van der Waals surface area contributed by atoms with Crippen molar-refractivity contribution in [2.24, 2.45) is 4.99 Å². The summed E-state index contributed by atoms with van der Waals surface area (Å²) >= 11 is 0. The third-order valence-electron chi connectivity index (χ3n) is 2.65. The number of benzene rings is 2. The second kappa shape index (κ2) is 7.74. The Morgan fingerprint density at radius 2 is 1.65 bits per heavy atom. The largest absolute Gasteiger partial charge is 0.354 e. The second-order valence-corrected chi connectivity index (χ2v) is 4.18. The molecular formula is C16H17N3O. The first-order valence-corrected chi connectivity index (χ1v) is 6.49. The molecule has 4 heteroatoms. The second-order valence-electron chi connectivity index (χ2n) is 4.18. The maximum Gasteiger partial charge on any atom is 0.195 e. The lowest BCUT2D eigenvalue weighted by molar-refractivity contribution is 0.112. The molecule has 0 aromatic heterocycles. The van der Waals surface area contributed by atoms with E-state index in [4.69, 9.17) is 0 Å². The van der Waals surface area contributed by atoms with Gasteiger partial charge in [-0.25, -0.2) is 0 Å². The van der Waals surface area contributed by atoms with Gasteiger partial charge < -0.3 is 10.6 Å². The van der Waals surface area contributed by atoms with Gasteiger partial charge in [-0.3, -0.25) is 9.79 Å². The van der Waals surface area contributed by atoms with E-state index in [-0.39, 0.29) is 0 Å². The summed E-state index contributed by atoms with van der Waals surface area (Å²) in [6, 6.07) is 19.1. The van der Waals surface area contributed by atoms with Gasteiger partial charge in [-0.2, -0.15) is 0 Å². The quantitative estimate of drug-likeness (QED) is 0.822. The fraction of sp³-hybridized carbons (Fsp3) is 0.125. The predicted molar refractivity (Wildman–Crippen MR) is 82.2 cm³/mol. The molecule has 0 unspecified atom stereocenters. The highest BCUT2D eigenvalue weighted by molar-refractivity contribution is 5.94. The summed E-state index contributed by atoms with van der Waals surface area (Å²) in [5, 5.41) is 6.32. The number of rotatable bonds is 2. The van der Waals surface area contributed by atoms with Crippen LogP contribution >= 0.6 is 0 Å². The highest BCUT2D eigenvalue weighted by Gasteiger charge is 2.02. The number of nitrogens with zero attached hydrogens (tertiary/aromatic N) is 1. The first kappa shape index (κ1) is 13.8. The van der Waals surface area contributed by atoms with Crippen molar-refractivity contribution in [3.8, 4) is 0 Å². The smallest absolute Gasteiger partial charge is 0.195 e. The van der Waals surface area contributed by atoms with E-state index in [1.165, 1.54) is 0 Å². The molecule has 2 N–H and O–H groups in total. The standard InChI is InChI=1S/C9H11N3.C7H6O/c1-2-4-8(5-3-1)12-9-10-6-7-11-9;8-6-7-4-2-1-3-5-7/h1-5H,6-7H2,(H2,10,11,12);1-6H. The molecule has 4 nitrogen and oxygen atoms in total. The molecule has 0 aliphatic carbocycles. The molecule has 0 bridgehead atoms. The zero-order chi connectivity index (χ0) is 14.0. The van der Waals surface area contributed by atoms with Crippen molar-refractivity contribution < 1.29 is 4.79 Å². The van der Waals surface area contributed by atoms with Gasteiger partial charge in [0.1, 0.15) is 6.29 Å². The summed E-state index contributed by atoms with van der Waals surface area (Å²) in [5.74, 6) is 0.876.